The van der Waals surface area contributed by atoms with Crippen molar-refractivity contribution in [1.29, 1.82) is 0 Å². The zero-order chi connectivity index (χ0) is 19.4. The normalized spacial score (nSPS) is 11.3. The number of ether oxygens (including phenoxy) is 1. The average molecular weight is 415 g/mol. The highest BCUT2D eigenvalue weighted by Crippen LogP contribution is 2.31. The Kier molecular flexibility index (Phi) is 6.98. The van der Waals surface area contributed by atoms with Crippen molar-refractivity contribution < 1.29 is 22.7 Å². The maximum absolute atomic E-state index is 12.7. The zero-order valence-electron chi connectivity index (χ0n) is 14.8. The number of rotatable bonds is 6. The Bertz CT molecular complexity index is 942. The van der Waals surface area contributed by atoms with Crippen molar-refractivity contribution in [3.8, 4) is 11.4 Å². The van der Waals surface area contributed by atoms with Crippen LogP contribution >= 0.6 is 12.4 Å². The first kappa shape index (κ1) is 21.6. The molecule has 0 atom stereocenters. The zero-order valence-corrected chi connectivity index (χ0v) is 15.7. The first-order valence-electron chi connectivity index (χ1n) is 8.19. The molecule has 6 nitrogen and oxygen atoms in total. The molecule has 0 saturated heterocycles. The number of fused-ring (bicyclic) bond motifs is 1. The lowest BCUT2D eigenvalue weighted by Crippen LogP contribution is -2.25. The van der Waals surface area contributed by atoms with Crippen molar-refractivity contribution >= 4 is 29.5 Å². The van der Waals surface area contributed by atoms with Gasteiger partial charge in [-0.3, -0.25) is 4.79 Å². The van der Waals surface area contributed by atoms with Crippen LogP contribution in [0.25, 0.3) is 22.6 Å². The number of amides is 1. The molecule has 2 aromatic heterocycles. The Hall–Kier alpha value is -2.65. The molecule has 0 unspecified atom stereocenters. The number of carbonyl (C=O) groups excluding carboxylic acids is 1. The van der Waals surface area contributed by atoms with E-state index in [0.29, 0.717) is 47.7 Å². The summed E-state index contributed by atoms with van der Waals surface area (Å²) in [5.74, 6) is 0.0481. The Morgan fingerprint density at radius 2 is 1.93 bits per heavy atom. The van der Waals surface area contributed by atoms with Crippen LogP contribution in [0.5, 0.6) is 0 Å². The SMILES string of the molecule is COCCCNC(=O)c1ccnc2nc(-c3ccc(C(F)(F)F)cc3)[nH]c12.Cl. The van der Waals surface area contributed by atoms with Crippen LogP contribution in [0.15, 0.2) is 36.5 Å². The van der Waals surface area contributed by atoms with Gasteiger partial charge >= 0.3 is 6.18 Å². The Morgan fingerprint density at radius 3 is 2.57 bits per heavy atom. The number of aromatic nitrogens is 3. The quantitative estimate of drug-likeness (QED) is 0.601. The van der Waals surface area contributed by atoms with E-state index in [0.717, 1.165) is 12.1 Å². The number of halogens is 4. The Morgan fingerprint density at radius 1 is 1.21 bits per heavy atom. The maximum Gasteiger partial charge on any atom is 0.416 e. The molecule has 1 aromatic carbocycles. The molecule has 1 amide bonds. The van der Waals surface area contributed by atoms with Crippen LogP contribution in [-0.4, -0.2) is 41.1 Å². The van der Waals surface area contributed by atoms with Crippen molar-refractivity contribution in [3.05, 3.63) is 47.7 Å². The fourth-order valence-corrected chi connectivity index (χ4v) is 2.57. The number of aromatic amines is 1. The van der Waals surface area contributed by atoms with Gasteiger partial charge in [0.15, 0.2) is 5.65 Å². The molecule has 2 heterocycles. The third-order valence-corrected chi connectivity index (χ3v) is 3.93. The van der Waals surface area contributed by atoms with Gasteiger partial charge < -0.3 is 15.0 Å². The molecule has 3 rings (SSSR count). The maximum atomic E-state index is 12.7. The fraction of sp³-hybridized carbons (Fsp3) is 0.278. The molecule has 0 spiro atoms. The lowest BCUT2D eigenvalue weighted by Gasteiger charge is -2.06. The number of carbonyl (C=O) groups is 1. The van der Waals surface area contributed by atoms with Gasteiger partial charge in [0.1, 0.15) is 5.82 Å². The third kappa shape index (κ3) is 4.79. The lowest BCUT2D eigenvalue weighted by atomic mass is 10.1. The van der Waals surface area contributed by atoms with Crippen LogP contribution in [0.1, 0.15) is 22.3 Å². The van der Waals surface area contributed by atoms with Crippen LogP contribution in [0.2, 0.25) is 0 Å². The van der Waals surface area contributed by atoms with E-state index < -0.39 is 11.7 Å². The van der Waals surface area contributed by atoms with E-state index in [9.17, 15) is 18.0 Å². The van der Waals surface area contributed by atoms with E-state index >= 15 is 0 Å². The Balaban J connectivity index is 0.00000280. The Labute approximate surface area is 164 Å². The molecule has 10 heteroatoms. The van der Waals surface area contributed by atoms with E-state index in [1.807, 2.05) is 0 Å². The van der Waals surface area contributed by atoms with Crippen LogP contribution in [0.4, 0.5) is 13.2 Å². The van der Waals surface area contributed by atoms with Gasteiger partial charge in [-0.1, -0.05) is 12.1 Å². The van der Waals surface area contributed by atoms with Gasteiger partial charge in [0, 0.05) is 32.0 Å². The summed E-state index contributed by atoms with van der Waals surface area (Å²) in [5.41, 5.74) is 0.832. The summed E-state index contributed by atoms with van der Waals surface area (Å²) >= 11 is 0. The molecule has 0 aliphatic carbocycles. The van der Waals surface area contributed by atoms with Crippen molar-refractivity contribution in [2.24, 2.45) is 0 Å². The summed E-state index contributed by atoms with van der Waals surface area (Å²) in [6, 6.07) is 6.18. The highest BCUT2D eigenvalue weighted by molar-refractivity contribution is 6.04. The number of alkyl halides is 3. The van der Waals surface area contributed by atoms with Gasteiger partial charge in [-0.15, -0.1) is 12.4 Å². The van der Waals surface area contributed by atoms with Gasteiger partial charge in [0.25, 0.3) is 5.91 Å². The van der Waals surface area contributed by atoms with Crippen molar-refractivity contribution in [3.63, 3.8) is 0 Å². The number of imidazole rings is 1. The highest BCUT2D eigenvalue weighted by Gasteiger charge is 2.30. The molecule has 0 saturated carbocycles. The molecule has 28 heavy (non-hydrogen) atoms. The number of methoxy groups -OCH3 is 1. The van der Waals surface area contributed by atoms with Gasteiger partial charge in [0.05, 0.1) is 16.6 Å². The number of H-pyrrole nitrogens is 1. The average Bonchev–Trinajstić information content (AvgIpc) is 3.08. The van der Waals surface area contributed by atoms with Crippen LogP contribution in [0, 0.1) is 0 Å². The minimum absolute atomic E-state index is 0. The van der Waals surface area contributed by atoms with E-state index in [1.165, 1.54) is 18.3 Å². The highest BCUT2D eigenvalue weighted by atomic mass is 35.5. The first-order valence-corrected chi connectivity index (χ1v) is 8.19. The second-order valence-corrected chi connectivity index (χ2v) is 5.82. The van der Waals surface area contributed by atoms with E-state index in [1.54, 1.807) is 13.2 Å². The van der Waals surface area contributed by atoms with E-state index in [2.05, 4.69) is 20.3 Å². The van der Waals surface area contributed by atoms with Crippen molar-refractivity contribution in [2.45, 2.75) is 12.6 Å². The number of pyridine rings is 1. The first-order chi connectivity index (χ1) is 12.9. The number of hydrogen-bond donors (Lipinski definition) is 2. The standard InChI is InChI=1S/C18H17F3N4O2.ClH/c1-27-10-2-8-23-17(26)13-7-9-22-16-14(13)24-15(25-16)11-3-5-12(6-4-11)18(19,20)21;/h3-7,9H,2,8,10H2,1H3,(H,23,26)(H,22,24,25);1H. The summed E-state index contributed by atoms with van der Waals surface area (Å²) in [6.07, 6.45) is -2.26. The number of benzene rings is 1. The molecule has 0 bridgehead atoms. The largest absolute Gasteiger partial charge is 0.416 e. The molecular weight excluding hydrogens is 397 g/mol. The summed E-state index contributed by atoms with van der Waals surface area (Å²) < 4.78 is 43.0. The topological polar surface area (TPSA) is 79.9 Å². The minimum atomic E-state index is -4.40. The van der Waals surface area contributed by atoms with Crippen LogP contribution < -0.4 is 5.32 Å². The molecule has 0 radical (unpaired) electrons. The fourth-order valence-electron chi connectivity index (χ4n) is 2.57. The van der Waals surface area contributed by atoms with Gasteiger partial charge in [0.2, 0.25) is 0 Å². The predicted molar refractivity (Wildman–Crippen MR) is 100 cm³/mol. The molecule has 0 aliphatic heterocycles. The van der Waals surface area contributed by atoms with Crippen LogP contribution in [0.3, 0.4) is 0 Å². The minimum Gasteiger partial charge on any atom is -0.385 e. The second kappa shape index (κ2) is 9.03. The molecule has 3 aromatic rings. The van der Waals surface area contributed by atoms with Gasteiger partial charge in [-0.25, -0.2) is 9.97 Å². The predicted octanol–water partition coefficient (Wildman–Crippen LogP) is 3.83. The van der Waals surface area contributed by atoms with E-state index in [4.69, 9.17) is 4.74 Å². The van der Waals surface area contributed by atoms with Crippen LogP contribution in [-0.2, 0) is 10.9 Å². The monoisotopic (exact) mass is 414 g/mol. The summed E-state index contributed by atoms with van der Waals surface area (Å²) in [4.78, 5) is 23.7. The molecular formula is C18H18ClF3N4O2. The number of nitrogens with one attached hydrogen (secondary N) is 2. The molecule has 0 fully saturated rings. The lowest BCUT2D eigenvalue weighted by molar-refractivity contribution is -0.137. The summed E-state index contributed by atoms with van der Waals surface area (Å²) in [5, 5.41) is 2.78. The summed E-state index contributed by atoms with van der Waals surface area (Å²) in [7, 11) is 1.58. The third-order valence-electron chi connectivity index (χ3n) is 3.93. The van der Waals surface area contributed by atoms with Gasteiger partial charge in [-0.05, 0) is 24.6 Å². The number of nitrogens with zero attached hydrogens (tertiary/aromatic N) is 2. The van der Waals surface area contributed by atoms with E-state index in [-0.39, 0.29) is 18.3 Å². The molecule has 2 N–H and O–H groups in total. The van der Waals surface area contributed by atoms with Gasteiger partial charge in [-0.2, -0.15) is 13.2 Å². The molecule has 0 aliphatic rings. The smallest absolute Gasteiger partial charge is 0.385 e. The van der Waals surface area contributed by atoms with Crippen molar-refractivity contribution in [1.82, 2.24) is 20.3 Å². The van der Waals surface area contributed by atoms with Crippen molar-refractivity contribution in [2.75, 3.05) is 20.3 Å². The second-order valence-electron chi connectivity index (χ2n) is 5.82. The summed E-state index contributed by atoms with van der Waals surface area (Å²) in [6.45, 7) is 0.991. The molecule has 150 valence electrons. The number of hydrogen-bond acceptors (Lipinski definition) is 4.